The van der Waals surface area contributed by atoms with E-state index in [-0.39, 0.29) is 23.9 Å². The van der Waals surface area contributed by atoms with Crippen LogP contribution in [0.4, 0.5) is 0 Å². The molecule has 1 aliphatic carbocycles. The number of nitrogens with zero attached hydrogens (tertiary/aromatic N) is 4. The van der Waals surface area contributed by atoms with Gasteiger partial charge in [-0.15, -0.1) is 0 Å². The highest BCUT2D eigenvalue weighted by Gasteiger charge is 2.43. The van der Waals surface area contributed by atoms with E-state index in [9.17, 15) is 4.79 Å². The summed E-state index contributed by atoms with van der Waals surface area (Å²) in [5.41, 5.74) is 8.24. The predicted octanol–water partition coefficient (Wildman–Crippen LogP) is 3.45. The molecule has 1 fully saturated rings. The van der Waals surface area contributed by atoms with Gasteiger partial charge in [-0.1, -0.05) is 24.8 Å². The number of carbonyl (C=O) groups excluding carboxylic acids is 1. The maximum Gasteiger partial charge on any atom is 0.243 e. The molecule has 0 aromatic heterocycles. The summed E-state index contributed by atoms with van der Waals surface area (Å²) in [6.45, 7) is 3.53. The van der Waals surface area contributed by atoms with E-state index in [1.165, 1.54) is 12.4 Å². The van der Waals surface area contributed by atoms with Crippen LogP contribution in [0.25, 0.3) is 0 Å². The van der Waals surface area contributed by atoms with Crippen molar-refractivity contribution in [2.75, 3.05) is 0 Å². The van der Waals surface area contributed by atoms with E-state index >= 15 is 0 Å². The first-order chi connectivity index (χ1) is 16.6. The summed E-state index contributed by atoms with van der Waals surface area (Å²) in [5, 5.41) is 10.0. The number of nitrogens with two attached hydrogens (primary N) is 1. The molecule has 3 aliphatic rings. The predicted molar refractivity (Wildman–Crippen MR) is 133 cm³/mol. The number of ether oxygens (including phenoxy) is 1. The zero-order valence-corrected chi connectivity index (χ0v) is 18.9. The Morgan fingerprint density at radius 3 is 2.47 bits per heavy atom. The number of para-hydroxylation sites is 1. The zero-order valence-electron chi connectivity index (χ0n) is 18.9. The number of amidine groups is 1. The van der Waals surface area contributed by atoms with Gasteiger partial charge >= 0.3 is 0 Å². The van der Waals surface area contributed by atoms with Crippen molar-refractivity contribution in [3.8, 4) is 11.5 Å². The van der Waals surface area contributed by atoms with E-state index in [0.717, 1.165) is 54.3 Å². The van der Waals surface area contributed by atoms with Crippen molar-refractivity contribution >= 4 is 23.8 Å². The fourth-order valence-corrected chi connectivity index (χ4v) is 4.75. The Bertz CT molecular complexity index is 1130. The van der Waals surface area contributed by atoms with E-state index in [2.05, 4.69) is 21.9 Å². The number of amides is 1. The molecule has 0 bridgehead atoms. The normalized spacial score (nSPS) is 25.7. The summed E-state index contributed by atoms with van der Waals surface area (Å²) in [6.07, 6.45) is 6.00. The third-order valence-electron chi connectivity index (χ3n) is 6.50. The molecule has 0 radical (unpaired) electrons. The van der Waals surface area contributed by atoms with Gasteiger partial charge in [-0.2, -0.15) is 5.10 Å². The lowest BCUT2D eigenvalue weighted by Gasteiger charge is -2.35. The number of hydrazone groups is 1. The Morgan fingerprint density at radius 2 is 1.76 bits per heavy atom. The molecular weight excluding hydrogens is 428 g/mol. The molecule has 8 heteroatoms. The minimum absolute atomic E-state index is 0.122. The Morgan fingerprint density at radius 1 is 1.06 bits per heavy atom. The smallest absolute Gasteiger partial charge is 0.243 e. The number of hydrogen-bond donors (Lipinski definition) is 2. The monoisotopic (exact) mass is 456 g/mol. The van der Waals surface area contributed by atoms with Crippen molar-refractivity contribution in [1.82, 2.24) is 10.3 Å². The first kappa shape index (κ1) is 22.0. The maximum atomic E-state index is 11.6. The van der Waals surface area contributed by atoms with Crippen molar-refractivity contribution in [3.63, 3.8) is 0 Å². The highest BCUT2D eigenvalue weighted by molar-refractivity contribution is 6.19. The Hall–Kier alpha value is -3.78. The summed E-state index contributed by atoms with van der Waals surface area (Å²) < 4.78 is 5.93. The first-order valence-corrected chi connectivity index (χ1v) is 11.6. The number of rotatable bonds is 6. The van der Waals surface area contributed by atoms with Crippen LogP contribution < -0.4 is 15.8 Å². The van der Waals surface area contributed by atoms with Crippen LogP contribution in [-0.2, 0) is 4.79 Å². The second-order valence-corrected chi connectivity index (χ2v) is 8.71. The van der Waals surface area contributed by atoms with Crippen LogP contribution in [0.5, 0.6) is 11.5 Å². The number of fused-ring (bicyclic) bond motifs is 1. The lowest BCUT2D eigenvalue weighted by molar-refractivity contribution is -0.117. The van der Waals surface area contributed by atoms with Crippen molar-refractivity contribution in [1.29, 1.82) is 0 Å². The molecular formula is C26H28N6O2. The molecule has 174 valence electrons. The summed E-state index contributed by atoms with van der Waals surface area (Å²) in [4.78, 5) is 20.6. The minimum Gasteiger partial charge on any atom is -0.457 e. The van der Waals surface area contributed by atoms with Gasteiger partial charge < -0.3 is 15.8 Å². The van der Waals surface area contributed by atoms with Crippen molar-refractivity contribution in [2.24, 2.45) is 26.7 Å². The van der Waals surface area contributed by atoms with Crippen molar-refractivity contribution < 1.29 is 9.53 Å². The topological polar surface area (TPSA) is 105 Å². The average Bonchev–Trinajstić information content (AvgIpc) is 3.26. The third kappa shape index (κ3) is 4.49. The van der Waals surface area contributed by atoms with Gasteiger partial charge in [0.05, 0.1) is 17.7 Å². The van der Waals surface area contributed by atoms with E-state index in [1.54, 1.807) is 0 Å². The van der Waals surface area contributed by atoms with Gasteiger partial charge in [0.2, 0.25) is 5.91 Å². The first-order valence-electron chi connectivity index (χ1n) is 11.6. The van der Waals surface area contributed by atoms with Crippen molar-refractivity contribution in [2.45, 2.75) is 43.9 Å². The number of carbonyl (C=O) groups is 1. The quantitative estimate of drug-likeness (QED) is 0.650. The Balaban J connectivity index is 1.34. The number of benzene rings is 2. The van der Waals surface area contributed by atoms with Gasteiger partial charge in [-0.25, -0.2) is 10.0 Å². The lowest BCUT2D eigenvalue weighted by Crippen LogP contribution is -2.47. The molecule has 0 spiro atoms. The SMILES string of the molecule is C=CC(=O)NC1CCC(N2N=C(c3ccc(Oc4ccccc4)cc3)C3C2=NC=NC3N)CC1. The summed E-state index contributed by atoms with van der Waals surface area (Å²) in [6, 6.07) is 17.9. The fourth-order valence-electron chi connectivity index (χ4n) is 4.75. The fraction of sp³-hybridized carbons (Fsp3) is 0.308. The second kappa shape index (κ2) is 9.61. The summed E-state index contributed by atoms with van der Waals surface area (Å²) in [7, 11) is 0. The largest absolute Gasteiger partial charge is 0.457 e. The van der Waals surface area contributed by atoms with Crippen LogP contribution in [0.1, 0.15) is 31.2 Å². The molecule has 8 nitrogen and oxygen atoms in total. The molecule has 2 aromatic carbocycles. The molecule has 1 saturated carbocycles. The van der Waals surface area contributed by atoms with Crippen LogP contribution in [0.2, 0.25) is 0 Å². The minimum atomic E-state index is -0.431. The molecule has 3 N–H and O–H groups in total. The van der Waals surface area contributed by atoms with Crippen LogP contribution in [0.3, 0.4) is 0 Å². The van der Waals surface area contributed by atoms with E-state index in [4.69, 9.17) is 15.6 Å². The molecule has 2 atom stereocenters. The number of nitrogens with one attached hydrogen (secondary N) is 1. The van der Waals surface area contributed by atoms with Gasteiger partial charge in [0.15, 0.2) is 0 Å². The van der Waals surface area contributed by atoms with Gasteiger partial charge in [0.25, 0.3) is 0 Å². The second-order valence-electron chi connectivity index (χ2n) is 8.71. The third-order valence-corrected chi connectivity index (χ3v) is 6.50. The average molecular weight is 457 g/mol. The zero-order chi connectivity index (χ0) is 23.5. The molecule has 5 rings (SSSR count). The highest BCUT2D eigenvalue weighted by atomic mass is 16.5. The van der Waals surface area contributed by atoms with Crippen LogP contribution in [0, 0.1) is 5.92 Å². The van der Waals surface area contributed by atoms with Gasteiger partial charge in [0.1, 0.15) is 29.8 Å². The molecule has 34 heavy (non-hydrogen) atoms. The van der Waals surface area contributed by atoms with Crippen LogP contribution in [0.15, 0.2) is 82.3 Å². The maximum absolute atomic E-state index is 11.6. The van der Waals surface area contributed by atoms with E-state index in [1.807, 2.05) is 59.6 Å². The van der Waals surface area contributed by atoms with Gasteiger partial charge in [-0.3, -0.25) is 9.79 Å². The molecule has 2 unspecified atom stereocenters. The van der Waals surface area contributed by atoms with E-state index < -0.39 is 6.17 Å². The molecule has 1 amide bonds. The highest BCUT2D eigenvalue weighted by Crippen LogP contribution is 2.33. The van der Waals surface area contributed by atoms with Crippen molar-refractivity contribution in [3.05, 3.63) is 72.8 Å². The standard InChI is InChI=1S/C26H28N6O2/c1-2-22(33)30-18-10-12-19(13-11-18)32-26-23(25(27)28-16-29-26)24(31-32)17-8-14-21(15-9-17)34-20-6-4-3-5-7-20/h2-9,14-16,18-19,23,25H,1,10-13,27H2,(H,30,33). The number of aliphatic imine (C=N–C) groups is 2. The van der Waals surface area contributed by atoms with Crippen LogP contribution in [-0.4, -0.2) is 47.1 Å². The Kier molecular flexibility index (Phi) is 6.22. The molecule has 2 aromatic rings. The lowest BCUT2D eigenvalue weighted by atomic mass is 9.89. The molecule has 2 aliphatic heterocycles. The summed E-state index contributed by atoms with van der Waals surface area (Å²) in [5.74, 6) is 2.08. The van der Waals surface area contributed by atoms with Gasteiger partial charge in [-0.05, 0) is 73.7 Å². The van der Waals surface area contributed by atoms with Crippen LogP contribution >= 0.6 is 0 Å². The van der Waals surface area contributed by atoms with E-state index in [0.29, 0.717) is 0 Å². The molecule has 0 saturated heterocycles. The summed E-state index contributed by atoms with van der Waals surface area (Å²) >= 11 is 0. The van der Waals surface area contributed by atoms with Gasteiger partial charge in [0, 0.05) is 6.04 Å². The number of hydrogen-bond acceptors (Lipinski definition) is 7. The Labute approximate surface area is 198 Å². The molecule has 2 heterocycles.